The number of nitrogens with one attached hydrogen (secondary N) is 2. The van der Waals surface area contributed by atoms with E-state index in [9.17, 15) is 14.9 Å². The largest absolute Gasteiger partial charge is 0.496 e. The number of carbonyl (C=O) groups is 1. The summed E-state index contributed by atoms with van der Waals surface area (Å²) < 4.78 is 5.34. The van der Waals surface area contributed by atoms with E-state index >= 15 is 0 Å². The SMILES string of the molecule is CNc1cc(OC)c(C(=O)N[C@H]2CCN(C3C4CCCC3CCC4)C2)cc1[N+](=O)[O-]. The Morgan fingerprint density at radius 2 is 1.83 bits per heavy atom. The van der Waals surface area contributed by atoms with Gasteiger partial charge in [-0.05, 0) is 43.9 Å². The van der Waals surface area contributed by atoms with Crippen LogP contribution in [0, 0.1) is 22.0 Å². The van der Waals surface area contributed by atoms with Gasteiger partial charge in [-0.1, -0.05) is 12.8 Å². The van der Waals surface area contributed by atoms with Crippen LogP contribution in [0.5, 0.6) is 5.75 Å². The van der Waals surface area contributed by atoms with Gasteiger partial charge in [0.15, 0.2) is 0 Å². The van der Waals surface area contributed by atoms with Crippen molar-refractivity contribution >= 4 is 17.3 Å². The molecule has 2 bridgehead atoms. The van der Waals surface area contributed by atoms with Gasteiger partial charge in [-0.15, -0.1) is 0 Å². The Labute approximate surface area is 177 Å². The molecule has 1 saturated heterocycles. The van der Waals surface area contributed by atoms with E-state index in [1.54, 1.807) is 7.05 Å². The number of carbonyl (C=O) groups excluding carboxylic acids is 1. The molecule has 4 rings (SSSR count). The van der Waals surface area contributed by atoms with E-state index in [-0.39, 0.29) is 23.2 Å². The van der Waals surface area contributed by atoms with Crippen LogP contribution in [0.15, 0.2) is 12.1 Å². The van der Waals surface area contributed by atoms with Crippen LogP contribution < -0.4 is 15.4 Å². The second kappa shape index (κ2) is 8.79. The molecule has 2 saturated carbocycles. The molecular formula is C22H32N4O4. The number of hydrogen-bond acceptors (Lipinski definition) is 6. The number of fused-ring (bicyclic) bond motifs is 2. The van der Waals surface area contributed by atoms with Gasteiger partial charge in [-0.3, -0.25) is 19.8 Å². The number of hydrogen-bond donors (Lipinski definition) is 2. The zero-order chi connectivity index (χ0) is 21.3. The minimum atomic E-state index is -0.485. The number of methoxy groups -OCH3 is 1. The van der Waals surface area contributed by atoms with E-state index in [1.807, 2.05) is 0 Å². The highest BCUT2D eigenvalue weighted by Gasteiger charge is 2.42. The average molecular weight is 417 g/mol. The molecule has 1 aliphatic heterocycles. The van der Waals surface area contributed by atoms with Crippen molar-refractivity contribution in [1.29, 1.82) is 0 Å². The van der Waals surface area contributed by atoms with Crippen molar-refractivity contribution in [1.82, 2.24) is 10.2 Å². The number of amides is 1. The summed E-state index contributed by atoms with van der Waals surface area (Å²) in [6.07, 6.45) is 9.00. The molecule has 3 aliphatic rings. The van der Waals surface area contributed by atoms with Crippen molar-refractivity contribution in [3.05, 3.63) is 27.8 Å². The second-order valence-corrected chi connectivity index (χ2v) is 8.90. The lowest BCUT2D eigenvalue weighted by molar-refractivity contribution is -0.384. The van der Waals surface area contributed by atoms with Crippen molar-refractivity contribution < 1.29 is 14.5 Å². The van der Waals surface area contributed by atoms with Gasteiger partial charge in [0, 0.05) is 44.4 Å². The summed E-state index contributed by atoms with van der Waals surface area (Å²) in [5.41, 5.74) is 0.395. The highest BCUT2D eigenvalue weighted by molar-refractivity contribution is 5.99. The molecular weight excluding hydrogens is 384 g/mol. The number of benzene rings is 1. The summed E-state index contributed by atoms with van der Waals surface area (Å²) in [4.78, 5) is 26.5. The van der Waals surface area contributed by atoms with Crippen LogP contribution in [0.2, 0.25) is 0 Å². The highest BCUT2D eigenvalue weighted by atomic mass is 16.6. The quantitative estimate of drug-likeness (QED) is 0.545. The zero-order valence-corrected chi connectivity index (χ0v) is 17.9. The maximum absolute atomic E-state index is 13.0. The third kappa shape index (κ3) is 3.97. The fraction of sp³-hybridized carbons (Fsp3) is 0.682. The van der Waals surface area contributed by atoms with Crippen molar-refractivity contribution in [2.75, 3.05) is 32.6 Å². The Morgan fingerprint density at radius 3 is 2.40 bits per heavy atom. The molecule has 0 spiro atoms. The summed E-state index contributed by atoms with van der Waals surface area (Å²) in [5, 5.41) is 17.3. The van der Waals surface area contributed by atoms with Gasteiger partial charge >= 0.3 is 0 Å². The Bertz CT molecular complexity index is 793. The molecule has 1 amide bonds. The average Bonchev–Trinajstić information content (AvgIpc) is 3.20. The number of nitro benzene ring substituents is 1. The van der Waals surface area contributed by atoms with Gasteiger partial charge in [0.1, 0.15) is 11.4 Å². The summed E-state index contributed by atoms with van der Waals surface area (Å²) in [5.74, 6) is 1.64. The van der Waals surface area contributed by atoms with Gasteiger partial charge in [-0.25, -0.2) is 0 Å². The van der Waals surface area contributed by atoms with Crippen LogP contribution in [0.4, 0.5) is 11.4 Å². The van der Waals surface area contributed by atoms with E-state index in [2.05, 4.69) is 15.5 Å². The maximum atomic E-state index is 13.0. The minimum Gasteiger partial charge on any atom is -0.496 e. The standard InChI is InChI=1S/C22H32N4O4/c1-23-18-12-20(30-2)17(11-19(18)26(28)29)22(27)24-16-9-10-25(13-16)21-14-5-3-6-15(21)8-4-7-14/h11-12,14-16,21,23H,3-10,13H2,1-2H3,(H,24,27)/t14?,15?,16-,21?/m0/s1. The number of rotatable bonds is 6. The third-order valence-corrected chi connectivity index (χ3v) is 7.27. The van der Waals surface area contributed by atoms with E-state index in [0.717, 1.165) is 31.3 Å². The van der Waals surface area contributed by atoms with Crippen LogP contribution in [0.1, 0.15) is 55.3 Å². The van der Waals surface area contributed by atoms with Crippen LogP contribution in [-0.2, 0) is 0 Å². The molecule has 2 aliphatic carbocycles. The number of ether oxygens (including phenoxy) is 1. The summed E-state index contributed by atoms with van der Waals surface area (Å²) in [7, 11) is 3.08. The molecule has 3 fully saturated rings. The van der Waals surface area contributed by atoms with Crippen molar-refractivity contribution in [2.45, 2.75) is 57.0 Å². The van der Waals surface area contributed by atoms with E-state index < -0.39 is 4.92 Å². The first-order valence-electron chi connectivity index (χ1n) is 11.1. The molecule has 164 valence electrons. The molecule has 0 unspecified atom stereocenters. The van der Waals surface area contributed by atoms with Gasteiger partial charge in [0.05, 0.1) is 17.6 Å². The normalized spacial score (nSPS) is 28.7. The third-order valence-electron chi connectivity index (χ3n) is 7.27. The van der Waals surface area contributed by atoms with Gasteiger partial charge in [-0.2, -0.15) is 0 Å². The van der Waals surface area contributed by atoms with Crippen molar-refractivity contribution in [3.63, 3.8) is 0 Å². The first kappa shape index (κ1) is 20.9. The molecule has 1 heterocycles. The summed E-state index contributed by atoms with van der Waals surface area (Å²) >= 11 is 0. The Morgan fingerprint density at radius 1 is 1.17 bits per heavy atom. The molecule has 2 N–H and O–H groups in total. The smallest absolute Gasteiger partial charge is 0.293 e. The first-order chi connectivity index (χ1) is 14.5. The van der Waals surface area contributed by atoms with E-state index in [1.165, 1.54) is 57.8 Å². The van der Waals surface area contributed by atoms with Crippen LogP contribution in [0.3, 0.4) is 0 Å². The Balaban J connectivity index is 1.46. The molecule has 1 aromatic rings. The second-order valence-electron chi connectivity index (χ2n) is 8.90. The Hall–Kier alpha value is -2.35. The minimum absolute atomic E-state index is 0.0629. The molecule has 1 aromatic carbocycles. The van der Waals surface area contributed by atoms with Crippen molar-refractivity contribution in [3.8, 4) is 5.75 Å². The predicted octanol–water partition coefficient (Wildman–Crippen LogP) is 3.42. The number of nitrogens with zero attached hydrogens (tertiary/aromatic N) is 2. The molecule has 1 atom stereocenters. The molecule has 8 heteroatoms. The predicted molar refractivity (Wildman–Crippen MR) is 115 cm³/mol. The lowest BCUT2D eigenvalue weighted by Crippen LogP contribution is -2.50. The first-order valence-corrected chi connectivity index (χ1v) is 11.1. The van der Waals surface area contributed by atoms with Crippen molar-refractivity contribution in [2.24, 2.45) is 11.8 Å². The fourth-order valence-electron chi connectivity index (χ4n) is 5.94. The van der Waals surface area contributed by atoms with Gasteiger partial charge < -0.3 is 15.4 Å². The summed E-state index contributed by atoms with van der Waals surface area (Å²) in [6.45, 7) is 1.88. The zero-order valence-electron chi connectivity index (χ0n) is 17.9. The Kier molecular flexibility index (Phi) is 6.13. The van der Waals surface area contributed by atoms with E-state index in [0.29, 0.717) is 17.5 Å². The van der Waals surface area contributed by atoms with E-state index in [4.69, 9.17) is 4.74 Å². The molecule has 30 heavy (non-hydrogen) atoms. The number of likely N-dealkylation sites (tertiary alicyclic amines) is 1. The van der Waals surface area contributed by atoms with Crippen LogP contribution in [0.25, 0.3) is 0 Å². The molecule has 0 aromatic heterocycles. The number of anilines is 1. The fourth-order valence-corrected chi connectivity index (χ4v) is 5.94. The lowest BCUT2D eigenvalue weighted by Gasteiger charge is -2.47. The molecule has 8 nitrogen and oxygen atoms in total. The van der Waals surface area contributed by atoms with Crippen LogP contribution >= 0.6 is 0 Å². The van der Waals surface area contributed by atoms with Crippen LogP contribution in [-0.4, -0.2) is 55.1 Å². The lowest BCUT2D eigenvalue weighted by atomic mass is 9.68. The maximum Gasteiger partial charge on any atom is 0.293 e. The van der Waals surface area contributed by atoms with Gasteiger partial charge in [0.2, 0.25) is 0 Å². The molecule has 0 radical (unpaired) electrons. The summed E-state index contributed by atoms with van der Waals surface area (Å²) in [6, 6.07) is 3.54. The monoisotopic (exact) mass is 416 g/mol. The highest BCUT2D eigenvalue weighted by Crippen LogP contribution is 2.43. The number of nitro groups is 1. The van der Waals surface area contributed by atoms with Gasteiger partial charge in [0.25, 0.3) is 11.6 Å². The topological polar surface area (TPSA) is 96.7 Å².